The Morgan fingerprint density at radius 2 is 1.83 bits per heavy atom. The summed E-state index contributed by atoms with van der Waals surface area (Å²) in [4.78, 5) is 49.2. The summed E-state index contributed by atoms with van der Waals surface area (Å²) in [6, 6.07) is 14.3. The summed E-state index contributed by atoms with van der Waals surface area (Å²) < 4.78 is 5.50. The van der Waals surface area contributed by atoms with E-state index in [1.54, 1.807) is 18.6 Å². The van der Waals surface area contributed by atoms with Crippen LogP contribution in [-0.2, 0) is 27.2 Å². The van der Waals surface area contributed by atoms with Gasteiger partial charge in [0.25, 0.3) is 0 Å². The Bertz CT molecular complexity index is 1730. The number of pyridine rings is 1. The van der Waals surface area contributed by atoms with E-state index in [1.807, 2.05) is 62.3 Å². The van der Waals surface area contributed by atoms with Gasteiger partial charge < -0.3 is 29.7 Å². The molecule has 1 unspecified atom stereocenters. The van der Waals surface area contributed by atoms with Crippen LogP contribution in [0.2, 0.25) is 0 Å². The largest absolute Gasteiger partial charge is 0.378 e. The lowest BCUT2D eigenvalue weighted by molar-refractivity contribution is -0.118. The molecule has 4 aromatic rings. The highest BCUT2D eigenvalue weighted by atomic mass is 16.5. The minimum absolute atomic E-state index is 0.0428. The number of likely N-dealkylation sites (N-methyl/N-ethyl adjacent to an activating group) is 1. The number of anilines is 2. The van der Waals surface area contributed by atoms with Crippen LogP contribution in [0.3, 0.4) is 0 Å². The normalized spacial score (nSPS) is 17.4. The van der Waals surface area contributed by atoms with Gasteiger partial charge in [0, 0.05) is 81.0 Å². The van der Waals surface area contributed by atoms with Gasteiger partial charge in [0.2, 0.25) is 5.91 Å². The predicted octanol–water partition coefficient (Wildman–Crippen LogP) is 3.80. The first-order chi connectivity index (χ1) is 22.8. The average molecular weight is 637 g/mol. The van der Waals surface area contributed by atoms with Crippen LogP contribution in [0.1, 0.15) is 31.0 Å². The number of hydrogen-bond acceptors (Lipinski definition) is 9. The lowest BCUT2D eigenvalue weighted by Crippen LogP contribution is -2.47. The third-order valence-corrected chi connectivity index (χ3v) is 8.64. The Kier molecular flexibility index (Phi) is 10.2. The van der Waals surface area contributed by atoms with Gasteiger partial charge in [-0.05, 0) is 63.2 Å². The molecule has 11 nitrogen and oxygen atoms in total. The first kappa shape index (κ1) is 32.3. The molecule has 0 spiro atoms. The van der Waals surface area contributed by atoms with Crippen LogP contribution >= 0.6 is 0 Å². The third kappa shape index (κ3) is 8.41. The van der Waals surface area contributed by atoms with Gasteiger partial charge in [-0.3, -0.25) is 14.6 Å². The van der Waals surface area contributed by atoms with Gasteiger partial charge in [-0.25, -0.2) is 9.97 Å². The van der Waals surface area contributed by atoms with Crippen LogP contribution < -0.4 is 15.1 Å². The van der Waals surface area contributed by atoms with Crippen molar-refractivity contribution in [1.29, 1.82) is 0 Å². The second kappa shape index (κ2) is 14.9. The number of nitrogens with one attached hydrogen (secondary N) is 2. The number of Topliss-reactive ketones (excluding diaryl/α,β-unsaturated/α-hetero) is 1. The molecule has 2 saturated heterocycles. The third-order valence-electron chi connectivity index (χ3n) is 8.64. The van der Waals surface area contributed by atoms with Crippen molar-refractivity contribution in [1.82, 2.24) is 30.2 Å². The van der Waals surface area contributed by atoms with Crippen molar-refractivity contribution < 1.29 is 14.3 Å². The number of aromatic nitrogens is 4. The molecule has 0 radical (unpaired) electrons. The van der Waals surface area contributed by atoms with Gasteiger partial charge in [0.1, 0.15) is 23.6 Å². The van der Waals surface area contributed by atoms with E-state index in [0.29, 0.717) is 19.6 Å². The van der Waals surface area contributed by atoms with Crippen molar-refractivity contribution in [2.24, 2.45) is 0 Å². The standard InChI is InChI=1S/C36H44N8O3/c1-25(22-42(2)3)17-34(46)40-28-5-4-12-44(23-28)30-10-11-37-29(19-30)20-31(45)18-26-6-8-27(9-7-26)33-21-32-35(41-33)38-24-39-36(32)43-13-15-47-16-14-43/h6-11,17,19,21,24,28H,4-5,12-16,18,20,22-23H2,1-3H3,(H,40,46)(H,38,39,41)/b25-17+. The number of ketones is 1. The number of rotatable bonds is 11. The molecule has 47 heavy (non-hydrogen) atoms. The van der Waals surface area contributed by atoms with Gasteiger partial charge in [-0.1, -0.05) is 29.8 Å². The molecular formula is C36H44N8O3. The van der Waals surface area contributed by atoms with Crippen LogP contribution in [0.5, 0.6) is 0 Å². The van der Waals surface area contributed by atoms with Crippen molar-refractivity contribution in [3.05, 3.63) is 77.9 Å². The Morgan fingerprint density at radius 3 is 2.62 bits per heavy atom. The van der Waals surface area contributed by atoms with Crippen LogP contribution in [0.4, 0.5) is 11.5 Å². The molecule has 0 saturated carbocycles. The second-order valence-electron chi connectivity index (χ2n) is 12.9. The van der Waals surface area contributed by atoms with Gasteiger partial charge in [0.05, 0.1) is 18.6 Å². The molecule has 246 valence electrons. The van der Waals surface area contributed by atoms with E-state index in [9.17, 15) is 9.59 Å². The smallest absolute Gasteiger partial charge is 0.244 e. The number of carbonyl (C=O) groups is 2. The summed E-state index contributed by atoms with van der Waals surface area (Å²) >= 11 is 0. The lowest BCUT2D eigenvalue weighted by Gasteiger charge is -2.34. The number of amides is 1. The highest BCUT2D eigenvalue weighted by molar-refractivity contribution is 5.92. The zero-order valence-corrected chi connectivity index (χ0v) is 27.5. The number of ether oxygens (including phenoxy) is 1. The summed E-state index contributed by atoms with van der Waals surface area (Å²) in [6.07, 6.45) is 7.61. The summed E-state index contributed by atoms with van der Waals surface area (Å²) in [6.45, 7) is 7.37. The van der Waals surface area contributed by atoms with Crippen molar-refractivity contribution in [3.8, 4) is 11.3 Å². The number of piperidine rings is 1. The topological polar surface area (TPSA) is 120 Å². The van der Waals surface area contributed by atoms with Gasteiger partial charge in [-0.2, -0.15) is 0 Å². The van der Waals surface area contributed by atoms with E-state index < -0.39 is 0 Å². The Morgan fingerprint density at radius 1 is 1.02 bits per heavy atom. The van der Waals surface area contributed by atoms with E-state index >= 15 is 0 Å². The van der Waals surface area contributed by atoms with Crippen molar-refractivity contribution in [2.45, 2.75) is 38.6 Å². The first-order valence-electron chi connectivity index (χ1n) is 16.4. The number of nitrogens with zero attached hydrogens (tertiary/aromatic N) is 6. The number of hydrogen-bond donors (Lipinski definition) is 2. The number of aromatic amines is 1. The molecule has 2 aliphatic heterocycles. The molecule has 2 aliphatic rings. The van der Waals surface area contributed by atoms with E-state index in [-0.39, 0.29) is 24.2 Å². The molecule has 1 amide bonds. The minimum atomic E-state index is -0.0428. The van der Waals surface area contributed by atoms with Crippen LogP contribution in [0, 0.1) is 0 Å². The van der Waals surface area contributed by atoms with Crippen LogP contribution in [-0.4, -0.2) is 103 Å². The number of carbonyl (C=O) groups excluding carboxylic acids is 2. The number of benzene rings is 1. The van der Waals surface area contributed by atoms with Crippen molar-refractivity contribution in [3.63, 3.8) is 0 Å². The van der Waals surface area contributed by atoms with Gasteiger partial charge >= 0.3 is 0 Å². The molecule has 0 bridgehead atoms. The lowest BCUT2D eigenvalue weighted by atomic mass is 10.0. The maximum absolute atomic E-state index is 13.1. The van der Waals surface area contributed by atoms with Crippen LogP contribution in [0.15, 0.2) is 66.6 Å². The Labute approximate surface area is 276 Å². The SMILES string of the molecule is C/C(=C\C(=O)NC1CCCN(c2ccnc(CC(=O)Cc3ccc(-c4cc5c(N6CCOCC6)ncnc5[nH]4)cc3)c2)C1)CN(C)C. The summed E-state index contributed by atoms with van der Waals surface area (Å²) in [5, 5.41) is 4.17. The predicted molar refractivity (Wildman–Crippen MR) is 185 cm³/mol. The maximum Gasteiger partial charge on any atom is 0.244 e. The molecule has 2 fully saturated rings. The van der Waals surface area contributed by atoms with E-state index in [0.717, 1.165) is 96.2 Å². The zero-order chi connectivity index (χ0) is 32.8. The molecule has 1 atom stereocenters. The fraction of sp³-hybridized carbons (Fsp3) is 0.417. The summed E-state index contributed by atoms with van der Waals surface area (Å²) in [5.74, 6) is 0.993. The molecule has 11 heteroatoms. The second-order valence-corrected chi connectivity index (χ2v) is 12.9. The molecular weight excluding hydrogens is 592 g/mol. The maximum atomic E-state index is 13.1. The summed E-state index contributed by atoms with van der Waals surface area (Å²) in [5.41, 5.74) is 6.57. The number of fused-ring (bicyclic) bond motifs is 1. The monoisotopic (exact) mass is 636 g/mol. The molecule has 6 rings (SSSR count). The van der Waals surface area contributed by atoms with Crippen molar-refractivity contribution in [2.75, 3.05) is 69.8 Å². The fourth-order valence-electron chi connectivity index (χ4n) is 6.50. The quantitative estimate of drug-likeness (QED) is 0.237. The highest BCUT2D eigenvalue weighted by Crippen LogP contribution is 2.29. The molecule has 5 heterocycles. The molecule has 1 aromatic carbocycles. The Hall–Kier alpha value is -4.61. The average Bonchev–Trinajstić information content (AvgIpc) is 3.50. The van der Waals surface area contributed by atoms with Gasteiger partial charge in [-0.15, -0.1) is 0 Å². The molecule has 0 aliphatic carbocycles. The number of morpholine rings is 1. The first-order valence-corrected chi connectivity index (χ1v) is 16.4. The van der Waals surface area contributed by atoms with E-state index in [1.165, 1.54) is 0 Å². The molecule has 2 N–H and O–H groups in total. The van der Waals surface area contributed by atoms with Crippen molar-refractivity contribution >= 4 is 34.2 Å². The highest BCUT2D eigenvalue weighted by Gasteiger charge is 2.22. The summed E-state index contributed by atoms with van der Waals surface area (Å²) in [7, 11) is 3.99. The van der Waals surface area contributed by atoms with Crippen LogP contribution in [0.25, 0.3) is 22.3 Å². The zero-order valence-electron chi connectivity index (χ0n) is 27.5. The fourth-order valence-corrected chi connectivity index (χ4v) is 6.50. The minimum Gasteiger partial charge on any atom is -0.378 e. The van der Waals surface area contributed by atoms with E-state index in [4.69, 9.17) is 4.74 Å². The number of H-pyrrole nitrogens is 1. The van der Waals surface area contributed by atoms with Gasteiger partial charge in [0.15, 0.2) is 0 Å². The van der Waals surface area contributed by atoms with E-state index in [2.05, 4.69) is 41.1 Å². The Balaban J connectivity index is 1.05. The molecule has 3 aromatic heterocycles.